The molecule has 1 amide bonds. The van der Waals surface area contributed by atoms with Crippen molar-refractivity contribution in [2.75, 3.05) is 19.6 Å². The first-order chi connectivity index (χ1) is 7.15. The van der Waals surface area contributed by atoms with Gasteiger partial charge in [0.05, 0.1) is 6.10 Å². The largest absolute Gasteiger partial charge is 0.391 e. The van der Waals surface area contributed by atoms with Crippen molar-refractivity contribution in [1.82, 2.24) is 4.90 Å². The number of aliphatic hydroxyl groups is 1. The van der Waals surface area contributed by atoms with E-state index in [0.29, 0.717) is 13.1 Å². The Bertz CT molecular complexity index is 209. The molecule has 1 aliphatic rings. The number of aliphatic hydroxyl groups excluding tert-OH is 1. The average Bonchev–Trinajstić information content (AvgIpc) is 2.24. The Kier molecular flexibility index (Phi) is 5.05. The quantitative estimate of drug-likeness (QED) is 0.709. The first-order valence-corrected chi connectivity index (χ1v) is 5.82. The van der Waals surface area contributed by atoms with Gasteiger partial charge in [-0.2, -0.15) is 0 Å². The predicted molar refractivity (Wildman–Crippen MR) is 59.3 cm³/mol. The van der Waals surface area contributed by atoms with Gasteiger partial charge in [-0.3, -0.25) is 4.79 Å². The molecule has 4 heteroatoms. The van der Waals surface area contributed by atoms with Crippen LogP contribution in [0.4, 0.5) is 0 Å². The van der Waals surface area contributed by atoms with Crippen molar-refractivity contribution in [2.24, 2.45) is 11.7 Å². The molecule has 88 valence electrons. The van der Waals surface area contributed by atoms with Crippen molar-refractivity contribution in [3.63, 3.8) is 0 Å². The maximum atomic E-state index is 11.9. The highest BCUT2D eigenvalue weighted by molar-refractivity contribution is 5.78. The summed E-state index contributed by atoms with van der Waals surface area (Å²) in [6.07, 6.45) is 3.15. The van der Waals surface area contributed by atoms with Crippen LogP contribution in [0.2, 0.25) is 0 Å². The van der Waals surface area contributed by atoms with Crippen LogP contribution in [0.15, 0.2) is 0 Å². The maximum Gasteiger partial charge on any atom is 0.225 e. The lowest BCUT2D eigenvalue weighted by Crippen LogP contribution is -2.44. The summed E-state index contributed by atoms with van der Waals surface area (Å²) in [6.45, 7) is 3.88. The highest BCUT2D eigenvalue weighted by atomic mass is 16.3. The highest BCUT2D eigenvalue weighted by Crippen LogP contribution is 2.15. The Hall–Kier alpha value is -0.610. The van der Waals surface area contributed by atoms with Gasteiger partial charge in [0.1, 0.15) is 0 Å². The zero-order valence-corrected chi connectivity index (χ0v) is 9.48. The van der Waals surface area contributed by atoms with Gasteiger partial charge in [-0.15, -0.1) is 0 Å². The fourth-order valence-electron chi connectivity index (χ4n) is 2.01. The van der Waals surface area contributed by atoms with Gasteiger partial charge in [-0.25, -0.2) is 0 Å². The maximum absolute atomic E-state index is 11.9. The number of rotatable bonds is 4. The molecule has 0 radical (unpaired) electrons. The smallest absolute Gasteiger partial charge is 0.225 e. The lowest BCUT2D eigenvalue weighted by molar-refractivity contribution is -0.138. The summed E-state index contributed by atoms with van der Waals surface area (Å²) < 4.78 is 0. The Labute approximate surface area is 91.4 Å². The van der Waals surface area contributed by atoms with Gasteiger partial charge in [0.15, 0.2) is 0 Å². The molecule has 4 nitrogen and oxygen atoms in total. The van der Waals surface area contributed by atoms with Gasteiger partial charge >= 0.3 is 0 Å². The molecule has 1 aliphatic heterocycles. The standard InChI is InChI=1S/C11H22N2O2/c1-9(4-2-6-12)11(15)13-7-3-5-10(14)8-13/h9-10,14H,2-8,12H2,1H3/t9?,10-/m0/s1. The van der Waals surface area contributed by atoms with E-state index in [1.165, 1.54) is 0 Å². The molecule has 1 rings (SSSR count). The van der Waals surface area contributed by atoms with Gasteiger partial charge in [0, 0.05) is 19.0 Å². The highest BCUT2D eigenvalue weighted by Gasteiger charge is 2.25. The van der Waals surface area contributed by atoms with Crippen LogP contribution in [0.25, 0.3) is 0 Å². The van der Waals surface area contributed by atoms with Crippen molar-refractivity contribution in [3.05, 3.63) is 0 Å². The zero-order valence-electron chi connectivity index (χ0n) is 9.48. The molecular formula is C11H22N2O2. The van der Waals surface area contributed by atoms with Crippen LogP contribution in [0.5, 0.6) is 0 Å². The first-order valence-electron chi connectivity index (χ1n) is 5.82. The molecule has 0 bridgehead atoms. The normalized spacial score (nSPS) is 23.9. The van der Waals surface area contributed by atoms with Crippen LogP contribution in [0.1, 0.15) is 32.6 Å². The third-order valence-electron chi connectivity index (χ3n) is 2.97. The molecule has 0 aromatic heterocycles. The third-order valence-corrected chi connectivity index (χ3v) is 2.97. The summed E-state index contributed by atoms with van der Waals surface area (Å²) in [5, 5.41) is 9.47. The molecule has 2 atom stereocenters. The Balaban J connectivity index is 2.37. The number of hydrogen-bond acceptors (Lipinski definition) is 3. The number of likely N-dealkylation sites (tertiary alicyclic amines) is 1. The lowest BCUT2D eigenvalue weighted by atomic mass is 10.0. The number of β-amino-alcohol motifs (C(OH)–C–C–N with tert-alkyl or cyclic N) is 1. The van der Waals surface area contributed by atoms with Crippen molar-refractivity contribution >= 4 is 5.91 Å². The van der Waals surface area contributed by atoms with Crippen LogP contribution >= 0.6 is 0 Å². The summed E-state index contributed by atoms with van der Waals surface area (Å²) >= 11 is 0. The molecule has 1 fully saturated rings. The van der Waals surface area contributed by atoms with Gasteiger partial charge in [0.25, 0.3) is 0 Å². The number of hydrogen-bond donors (Lipinski definition) is 2. The van der Waals surface area contributed by atoms with Crippen molar-refractivity contribution in [3.8, 4) is 0 Å². The van der Waals surface area contributed by atoms with E-state index in [0.717, 1.165) is 32.2 Å². The minimum absolute atomic E-state index is 0.0406. The molecule has 1 saturated heterocycles. The Morgan fingerprint density at radius 3 is 3.00 bits per heavy atom. The second kappa shape index (κ2) is 6.08. The minimum Gasteiger partial charge on any atom is -0.391 e. The SMILES string of the molecule is CC(CCCN)C(=O)N1CCC[C@H](O)C1. The second-order valence-electron chi connectivity index (χ2n) is 4.41. The summed E-state index contributed by atoms with van der Waals surface area (Å²) in [5.74, 6) is 0.209. The van der Waals surface area contributed by atoms with Gasteiger partial charge in [-0.05, 0) is 32.2 Å². The zero-order chi connectivity index (χ0) is 11.3. The van der Waals surface area contributed by atoms with Crippen LogP contribution in [0.3, 0.4) is 0 Å². The fraction of sp³-hybridized carbons (Fsp3) is 0.909. The molecular weight excluding hydrogens is 192 g/mol. The minimum atomic E-state index is -0.329. The van der Waals surface area contributed by atoms with Crippen molar-refractivity contribution in [1.29, 1.82) is 0 Å². The average molecular weight is 214 g/mol. The lowest BCUT2D eigenvalue weighted by Gasteiger charge is -2.32. The molecule has 3 N–H and O–H groups in total. The molecule has 0 aliphatic carbocycles. The Morgan fingerprint density at radius 1 is 1.67 bits per heavy atom. The summed E-state index contributed by atoms with van der Waals surface area (Å²) in [5.41, 5.74) is 5.41. The molecule has 1 heterocycles. The number of carbonyl (C=O) groups is 1. The summed E-state index contributed by atoms with van der Waals surface area (Å²) in [7, 11) is 0. The molecule has 15 heavy (non-hydrogen) atoms. The van der Waals surface area contributed by atoms with E-state index in [4.69, 9.17) is 5.73 Å². The van der Waals surface area contributed by atoms with Crippen LogP contribution in [-0.2, 0) is 4.79 Å². The Morgan fingerprint density at radius 2 is 2.40 bits per heavy atom. The van der Waals surface area contributed by atoms with E-state index >= 15 is 0 Å². The first kappa shape index (κ1) is 12.5. The number of piperidine rings is 1. The molecule has 0 aromatic rings. The fourth-order valence-corrected chi connectivity index (χ4v) is 2.01. The van der Waals surface area contributed by atoms with E-state index in [2.05, 4.69) is 0 Å². The van der Waals surface area contributed by atoms with E-state index < -0.39 is 0 Å². The molecule has 0 spiro atoms. The van der Waals surface area contributed by atoms with E-state index in [9.17, 15) is 9.90 Å². The predicted octanol–water partition coefficient (Wildman–Crippen LogP) is 0.345. The van der Waals surface area contributed by atoms with Gasteiger partial charge in [0.2, 0.25) is 5.91 Å². The number of nitrogens with zero attached hydrogens (tertiary/aromatic N) is 1. The summed E-state index contributed by atoms with van der Waals surface area (Å²) in [6, 6.07) is 0. The van der Waals surface area contributed by atoms with Crippen LogP contribution in [0, 0.1) is 5.92 Å². The van der Waals surface area contributed by atoms with E-state index in [-0.39, 0.29) is 17.9 Å². The van der Waals surface area contributed by atoms with Gasteiger partial charge in [-0.1, -0.05) is 6.92 Å². The number of carbonyl (C=O) groups excluding carboxylic acids is 1. The number of nitrogens with two attached hydrogens (primary N) is 1. The van der Waals surface area contributed by atoms with Crippen molar-refractivity contribution in [2.45, 2.75) is 38.7 Å². The van der Waals surface area contributed by atoms with Crippen LogP contribution < -0.4 is 5.73 Å². The van der Waals surface area contributed by atoms with Crippen molar-refractivity contribution < 1.29 is 9.90 Å². The second-order valence-corrected chi connectivity index (χ2v) is 4.41. The molecule has 1 unspecified atom stereocenters. The van der Waals surface area contributed by atoms with Gasteiger partial charge < -0.3 is 15.7 Å². The molecule has 0 aromatic carbocycles. The third kappa shape index (κ3) is 3.80. The van der Waals surface area contributed by atoms with Crippen LogP contribution in [-0.4, -0.2) is 41.7 Å². The number of amides is 1. The van der Waals surface area contributed by atoms with E-state index in [1.54, 1.807) is 4.90 Å². The van der Waals surface area contributed by atoms with E-state index in [1.807, 2.05) is 6.92 Å². The topological polar surface area (TPSA) is 66.6 Å². The summed E-state index contributed by atoms with van der Waals surface area (Å²) in [4.78, 5) is 13.7. The monoisotopic (exact) mass is 214 g/mol. The molecule has 0 saturated carbocycles.